The maximum absolute atomic E-state index is 13.2. The van der Waals surface area contributed by atoms with Crippen LogP contribution in [0.4, 0.5) is 0 Å². The molecule has 1 aliphatic carbocycles. The molecule has 1 aromatic rings. The van der Waals surface area contributed by atoms with Crippen LogP contribution in [0.25, 0.3) is 0 Å². The van der Waals surface area contributed by atoms with Crippen molar-refractivity contribution >= 4 is 17.8 Å². The topological polar surface area (TPSA) is 90.0 Å². The molecule has 1 spiro atoms. The zero-order valence-electron chi connectivity index (χ0n) is 15.3. The van der Waals surface area contributed by atoms with E-state index in [2.05, 4.69) is 0 Å². The summed E-state index contributed by atoms with van der Waals surface area (Å²) in [5.74, 6) is -1.38. The SMILES string of the molecule is Cc1ccc(C(=O)N2[C@@H](C(=O)[O-])COC23CCN(C(=O)C2CC2)CC3)cc1. The molecule has 0 N–H and O–H groups in total. The second kappa shape index (κ2) is 6.64. The van der Waals surface area contributed by atoms with Crippen molar-refractivity contribution in [3.8, 4) is 0 Å². The van der Waals surface area contributed by atoms with E-state index >= 15 is 0 Å². The normalized spacial score (nSPS) is 24.3. The predicted molar refractivity (Wildman–Crippen MR) is 93.4 cm³/mol. The molecule has 1 aromatic carbocycles. The van der Waals surface area contributed by atoms with Gasteiger partial charge in [0, 0.05) is 37.4 Å². The Morgan fingerprint density at radius 3 is 2.30 bits per heavy atom. The molecular weight excluding hydrogens is 348 g/mol. The number of likely N-dealkylation sites (tertiary alicyclic amines) is 1. The van der Waals surface area contributed by atoms with Crippen LogP contribution in [0.3, 0.4) is 0 Å². The van der Waals surface area contributed by atoms with Crippen LogP contribution in [0.5, 0.6) is 0 Å². The second-order valence-electron chi connectivity index (χ2n) is 7.73. The summed E-state index contributed by atoms with van der Waals surface area (Å²) in [6.45, 7) is 2.77. The second-order valence-corrected chi connectivity index (χ2v) is 7.73. The Hall–Kier alpha value is -2.41. The van der Waals surface area contributed by atoms with Crippen molar-refractivity contribution in [1.29, 1.82) is 0 Å². The summed E-state index contributed by atoms with van der Waals surface area (Å²) in [6, 6.07) is 5.91. The van der Waals surface area contributed by atoms with Crippen LogP contribution in [0.15, 0.2) is 24.3 Å². The van der Waals surface area contributed by atoms with E-state index < -0.39 is 17.7 Å². The number of hydrogen-bond acceptors (Lipinski definition) is 5. The molecule has 0 unspecified atom stereocenters. The Bertz CT molecular complexity index is 763. The van der Waals surface area contributed by atoms with Crippen molar-refractivity contribution in [2.75, 3.05) is 19.7 Å². The number of carboxylic acids is 1. The van der Waals surface area contributed by atoms with E-state index in [0.29, 0.717) is 31.5 Å². The average molecular weight is 371 g/mol. The van der Waals surface area contributed by atoms with E-state index in [4.69, 9.17) is 4.74 Å². The Labute approximate surface area is 157 Å². The highest BCUT2D eigenvalue weighted by Crippen LogP contribution is 2.40. The van der Waals surface area contributed by atoms with Crippen molar-refractivity contribution in [2.45, 2.75) is 44.4 Å². The van der Waals surface area contributed by atoms with Gasteiger partial charge < -0.3 is 19.5 Å². The molecule has 2 saturated heterocycles. The third-order valence-corrected chi connectivity index (χ3v) is 5.83. The molecule has 144 valence electrons. The number of carboxylic acid groups (broad SMARTS) is 1. The van der Waals surface area contributed by atoms with Gasteiger partial charge in [-0.1, -0.05) is 17.7 Å². The average Bonchev–Trinajstić information content (AvgIpc) is 3.44. The molecule has 0 radical (unpaired) electrons. The standard InChI is InChI=1S/C20H24N2O5/c1-13-2-4-15(5-3-13)18(24)22-16(19(25)26)12-27-20(22)8-10-21(11-9-20)17(23)14-6-7-14/h2-5,14,16H,6-12H2,1H3,(H,25,26)/p-1/t16-/m1/s1. The number of amides is 2. The number of ether oxygens (including phenoxy) is 1. The lowest BCUT2D eigenvalue weighted by atomic mass is 9.96. The number of carbonyl (C=O) groups excluding carboxylic acids is 3. The zero-order chi connectivity index (χ0) is 19.2. The van der Waals surface area contributed by atoms with Crippen molar-refractivity contribution in [3.05, 3.63) is 35.4 Å². The molecule has 7 heteroatoms. The summed E-state index contributed by atoms with van der Waals surface area (Å²) in [5.41, 5.74) is 0.447. The maximum Gasteiger partial charge on any atom is 0.256 e. The lowest BCUT2D eigenvalue weighted by Crippen LogP contribution is -2.60. The van der Waals surface area contributed by atoms with E-state index in [1.54, 1.807) is 12.1 Å². The van der Waals surface area contributed by atoms with Gasteiger partial charge in [-0.05, 0) is 31.9 Å². The van der Waals surface area contributed by atoms with Crippen molar-refractivity contribution in [3.63, 3.8) is 0 Å². The molecule has 7 nitrogen and oxygen atoms in total. The number of rotatable bonds is 3. The minimum Gasteiger partial charge on any atom is -0.548 e. The molecule has 0 bridgehead atoms. The fourth-order valence-electron chi connectivity index (χ4n) is 4.05. The molecule has 27 heavy (non-hydrogen) atoms. The fraction of sp³-hybridized carbons (Fsp3) is 0.550. The highest BCUT2D eigenvalue weighted by Gasteiger charge is 2.53. The molecule has 4 rings (SSSR count). The van der Waals surface area contributed by atoms with Crippen molar-refractivity contribution in [2.24, 2.45) is 5.92 Å². The number of carbonyl (C=O) groups is 3. The molecular formula is C20H23N2O5-. The van der Waals surface area contributed by atoms with Crippen LogP contribution in [0, 0.1) is 12.8 Å². The number of nitrogens with zero attached hydrogens (tertiary/aromatic N) is 2. The number of piperidine rings is 1. The first-order valence-electron chi connectivity index (χ1n) is 9.45. The third-order valence-electron chi connectivity index (χ3n) is 5.83. The maximum atomic E-state index is 13.2. The van der Waals surface area contributed by atoms with Crippen LogP contribution >= 0.6 is 0 Å². The number of hydrogen-bond donors (Lipinski definition) is 0. The van der Waals surface area contributed by atoms with Crippen molar-refractivity contribution in [1.82, 2.24) is 9.80 Å². The van der Waals surface area contributed by atoms with Gasteiger partial charge in [-0.25, -0.2) is 0 Å². The van der Waals surface area contributed by atoms with Gasteiger partial charge >= 0.3 is 0 Å². The molecule has 0 aromatic heterocycles. The van der Waals surface area contributed by atoms with E-state index in [9.17, 15) is 19.5 Å². The minimum absolute atomic E-state index is 0.0868. The quantitative estimate of drug-likeness (QED) is 0.763. The van der Waals surface area contributed by atoms with Gasteiger partial charge in [-0.2, -0.15) is 0 Å². The van der Waals surface area contributed by atoms with E-state index in [1.807, 2.05) is 24.0 Å². The number of benzene rings is 1. The number of aryl methyl sites for hydroxylation is 1. The van der Waals surface area contributed by atoms with E-state index in [-0.39, 0.29) is 24.3 Å². The molecule has 2 heterocycles. The summed E-state index contributed by atoms with van der Waals surface area (Å²) in [7, 11) is 0. The molecule has 3 aliphatic rings. The Balaban J connectivity index is 1.57. The molecule has 1 saturated carbocycles. The first kappa shape index (κ1) is 18.0. The highest BCUT2D eigenvalue weighted by molar-refractivity contribution is 5.97. The lowest BCUT2D eigenvalue weighted by molar-refractivity contribution is -0.310. The van der Waals surface area contributed by atoms with Crippen LogP contribution in [0.1, 0.15) is 41.6 Å². The van der Waals surface area contributed by atoms with Gasteiger partial charge in [0.05, 0.1) is 18.6 Å². The van der Waals surface area contributed by atoms with E-state index in [1.165, 1.54) is 4.90 Å². The van der Waals surface area contributed by atoms with E-state index in [0.717, 1.165) is 18.4 Å². The van der Waals surface area contributed by atoms with Crippen molar-refractivity contribution < 1.29 is 24.2 Å². The summed E-state index contributed by atoms with van der Waals surface area (Å²) < 4.78 is 5.88. The Morgan fingerprint density at radius 2 is 1.74 bits per heavy atom. The van der Waals surface area contributed by atoms with Crippen LogP contribution in [-0.2, 0) is 14.3 Å². The van der Waals surface area contributed by atoms with Gasteiger partial charge in [0.1, 0.15) is 5.72 Å². The van der Waals surface area contributed by atoms with Gasteiger partial charge in [-0.15, -0.1) is 0 Å². The molecule has 2 amide bonds. The predicted octanol–water partition coefficient (Wildman–Crippen LogP) is 0.315. The van der Waals surface area contributed by atoms with Gasteiger partial charge in [0.2, 0.25) is 5.91 Å². The Kier molecular flexibility index (Phi) is 4.42. The number of aliphatic carboxylic acids is 1. The minimum atomic E-state index is -1.32. The third kappa shape index (κ3) is 3.20. The van der Waals surface area contributed by atoms with Gasteiger partial charge in [0.25, 0.3) is 5.91 Å². The summed E-state index contributed by atoms with van der Waals surface area (Å²) in [5, 5.41) is 11.6. The van der Waals surface area contributed by atoms with Gasteiger partial charge in [0.15, 0.2) is 0 Å². The lowest BCUT2D eigenvalue weighted by Gasteiger charge is -2.45. The summed E-state index contributed by atoms with van der Waals surface area (Å²) in [4.78, 5) is 40.3. The highest BCUT2D eigenvalue weighted by atomic mass is 16.5. The molecule has 1 atom stereocenters. The largest absolute Gasteiger partial charge is 0.548 e. The fourth-order valence-corrected chi connectivity index (χ4v) is 4.05. The van der Waals surface area contributed by atoms with Gasteiger partial charge in [-0.3, -0.25) is 14.5 Å². The van der Waals surface area contributed by atoms with Crippen LogP contribution in [-0.4, -0.2) is 59.0 Å². The van der Waals surface area contributed by atoms with Crippen LogP contribution < -0.4 is 5.11 Å². The summed E-state index contributed by atoms with van der Waals surface area (Å²) in [6.07, 6.45) is 2.71. The first-order chi connectivity index (χ1) is 12.9. The molecule has 3 fully saturated rings. The smallest absolute Gasteiger partial charge is 0.256 e. The Morgan fingerprint density at radius 1 is 1.11 bits per heavy atom. The summed E-state index contributed by atoms with van der Waals surface area (Å²) >= 11 is 0. The van der Waals surface area contributed by atoms with Crippen LogP contribution in [0.2, 0.25) is 0 Å². The first-order valence-corrected chi connectivity index (χ1v) is 9.45. The monoisotopic (exact) mass is 371 g/mol. The molecule has 2 aliphatic heterocycles. The zero-order valence-corrected chi connectivity index (χ0v) is 15.3.